The number of carbonyl (C=O) groups is 2. The lowest BCUT2D eigenvalue weighted by Gasteiger charge is -2.23. The summed E-state index contributed by atoms with van der Waals surface area (Å²) in [6, 6.07) is 1.75. The Morgan fingerprint density at radius 2 is 1.81 bits per heavy atom. The van der Waals surface area contributed by atoms with Crippen LogP contribution in [-0.4, -0.2) is 24.9 Å². The van der Waals surface area contributed by atoms with Crippen molar-refractivity contribution in [3.63, 3.8) is 0 Å². The molecule has 0 atom stereocenters. The van der Waals surface area contributed by atoms with Crippen molar-refractivity contribution in [3.8, 4) is 6.07 Å². The summed E-state index contributed by atoms with van der Waals surface area (Å²) in [5.74, 6) is -1.38. The molecule has 16 heavy (non-hydrogen) atoms. The molecule has 88 valence electrons. The number of rotatable bonds is 3. The highest BCUT2D eigenvalue weighted by Crippen LogP contribution is 2.36. The second kappa shape index (κ2) is 5.50. The third-order valence-electron chi connectivity index (χ3n) is 3.02. The molecule has 0 saturated heterocycles. The molecule has 1 fully saturated rings. The molecule has 2 amide bonds. The largest absolute Gasteiger partial charge is 0.347 e. The molecule has 0 bridgehead atoms. The summed E-state index contributed by atoms with van der Waals surface area (Å²) < 4.78 is 0. The highest BCUT2D eigenvalue weighted by Gasteiger charge is 2.29. The second-order valence-electron chi connectivity index (χ2n) is 4.54. The van der Waals surface area contributed by atoms with Crippen molar-refractivity contribution in [1.82, 2.24) is 10.6 Å². The molecule has 0 aromatic heterocycles. The summed E-state index contributed by atoms with van der Waals surface area (Å²) in [6.45, 7) is 2.52. The summed E-state index contributed by atoms with van der Waals surface area (Å²) in [5.41, 5.74) is 0.130. The van der Waals surface area contributed by atoms with Gasteiger partial charge >= 0.3 is 11.8 Å². The van der Waals surface area contributed by atoms with Crippen molar-refractivity contribution in [2.75, 3.05) is 13.1 Å². The van der Waals surface area contributed by atoms with E-state index in [4.69, 9.17) is 5.26 Å². The van der Waals surface area contributed by atoms with Gasteiger partial charge in [-0.15, -0.1) is 0 Å². The van der Waals surface area contributed by atoms with Gasteiger partial charge in [-0.25, -0.2) is 0 Å². The Morgan fingerprint density at radius 3 is 2.38 bits per heavy atom. The quantitative estimate of drug-likeness (QED) is 0.534. The van der Waals surface area contributed by atoms with Gasteiger partial charge in [0.05, 0.1) is 6.07 Å². The monoisotopic (exact) mass is 223 g/mol. The fourth-order valence-corrected chi connectivity index (χ4v) is 1.98. The lowest BCUT2D eigenvalue weighted by Crippen LogP contribution is -2.43. The van der Waals surface area contributed by atoms with E-state index in [1.54, 1.807) is 6.07 Å². The first kappa shape index (κ1) is 12.5. The van der Waals surface area contributed by atoms with Crippen LogP contribution in [0.4, 0.5) is 0 Å². The van der Waals surface area contributed by atoms with Gasteiger partial charge in [0, 0.05) is 6.54 Å². The molecule has 0 spiro atoms. The van der Waals surface area contributed by atoms with Crippen LogP contribution in [-0.2, 0) is 9.59 Å². The molecule has 1 rings (SSSR count). The molecule has 1 aliphatic carbocycles. The Bertz CT molecular complexity index is 314. The van der Waals surface area contributed by atoms with E-state index in [-0.39, 0.29) is 12.0 Å². The molecule has 0 aromatic rings. The number of hydrogen-bond donors (Lipinski definition) is 2. The van der Waals surface area contributed by atoms with E-state index < -0.39 is 11.8 Å². The van der Waals surface area contributed by atoms with E-state index in [1.807, 2.05) is 0 Å². The number of carbonyl (C=O) groups excluding carboxylic acids is 2. The van der Waals surface area contributed by atoms with E-state index >= 15 is 0 Å². The van der Waals surface area contributed by atoms with Crippen LogP contribution in [0.25, 0.3) is 0 Å². The molecule has 0 aliphatic heterocycles. The summed E-state index contributed by atoms with van der Waals surface area (Å²) in [4.78, 5) is 22.5. The van der Waals surface area contributed by atoms with Gasteiger partial charge in [-0.1, -0.05) is 19.8 Å². The third-order valence-corrected chi connectivity index (χ3v) is 3.02. The predicted octanol–water partition coefficient (Wildman–Crippen LogP) is 0.323. The Labute approximate surface area is 95.2 Å². The smallest absolute Gasteiger partial charge is 0.310 e. The Hall–Kier alpha value is -1.57. The van der Waals surface area contributed by atoms with Crippen molar-refractivity contribution in [1.29, 1.82) is 5.26 Å². The minimum atomic E-state index is -0.733. The van der Waals surface area contributed by atoms with Gasteiger partial charge in [-0.2, -0.15) is 5.26 Å². The van der Waals surface area contributed by atoms with E-state index in [0.29, 0.717) is 6.54 Å². The number of nitrogens with zero attached hydrogens (tertiary/aromatic N) is 1. The van der Waals surface area contributed by atoms with E-state index in [2.05, 4.69) is 17.6 Å². The maximum Gasteiger partial charge on any atom is 0.310 e. The molecular weight excluding hydrogens is 206 g/mol. The maximum absolute atomic E-state index is 11.3. The van der Waals surface area contributed by atoms with Gasteiger partial charge in [-0.3, -0.25) is 9.59 Å². The predicted molar refractivity (Wildman–Crippen MR) is 58.2 cm³/mol. The maximum atomic E-state index is 11.3. The van der Waals surface area contributed by atoms with Crippen LogP contribution in [0.3, 0.4) is 0 Å². The van der Waals surface area contributed by atoms with Crippen LogP contribution in [0, 0.1) is 16.7 Å². The number of nitrogens with one attached hydrogen (secondary N) is 2. The highest BCUT2D eigenvalue weighted by molar-refractivity contribution is 6.35. The zero-order valence-electron chi connectivity index (χ0n) is 9.51. The first-order valence-corrected chi connectivity index (χ1v) is 5.50. The molecule has 0 aromatic carbocycles. The number of hydrogen-bond acceptors (Lipinski definition) is 3. The van der Waals surface area contributed by atoms with Gasteiger partial charge in [0.1, 0.15) is 6.54 Å². The number of nitriles is 1. The lowest BCUT2D eigenvalue weighted by atomic mass is 9.89. The van der Waals surface area contributed by atoms with Crippen LogP contribution < -0.4 is 10.6 Å². The highest BCUT2D eigenvalue weighted by atomic mass is 16.2. The van der Waals surface area contributed by atoms with Crippen molar-refractivity contribution >= 4 is 11.8 Å². The Morgan fingerprint density at radius 1 is 1.25 bits per heavy atom. The average Bonchev–Trinajstić information content (AvgIpc) is 2.70. The molecule has 5 nitrogen and oxygen atoms in total. The molecule has 0 unspecified atom stereocenters. The first-order chi connectivity index (χ1) is 7.57. The van der Waals surface area contributed by atoms with Crippen molar-refractivity contribution in [2.45, 2.75) is 32.6 Å². The molecular formula is C11H17N3O2. The molecule has 1 aliphatic rings. The van der Waals surface area contributed by atoms with Crippen LogP contribution in [0.15, 0.2) is 0 Å². The summed E-state index contributed by atoms with van der Waals surface area (Å²) >= 11 is 0. The third kappa shape index (κ3) is 3.54. The summed E-state index contributed by atoms with van der Waals surface area (Å²) in [5, 5.41) is 13.1. The van der Waals surface area contributed by atoms with E-state index in [0.717, 1.165) is 12.8 Å². The molecule has 5 heteroatoms. The van der Waals surface area contributed by atoms with Crippen LogP contribution in [0.1, 0.15) is 32.6 Å². The van der Waals surface area contributed by atoms with Crippen LogP contribution >= 0.6 is 0 Å². The van der Waals surface area contributed by atoms with Gasteiger partial charge in [0.25, 0.3) is 0 Å². The molecule has 0 radical (unpaired) electrons. The summed E-state index contributed by atoms with van der Waals surface area (Å²) in [7, 11) is 0. The van der Waals surface area contributed by atoms with Crippen molar-refractivity contribution < 1.29 is 9.59 Å². The minimum absolute atomic E-state index is 0.130. The summed E-state index contributed by atoms with van der Waals surface area (Å²) in [6.07, 6.45) is 4.56. The minimum Gasteiger partial charge on any atom is -0.347 e. The zero-order chi connectivity index (χ0) is 12.0. The standard InChI is InChI=1S/C11H17N3O2/c1-11(4-2-3-5-11)8-14-10(16)9(15)13-7-6-12/h2-5,7-8H2,1H3,(H,13,15)(H,14,16). The van der Waals surface area contributed by atoms with Crippen LogP contribution in [0.2, 0.25) is 0 Å². The van der Waals surface area contributed by atoms with Gasteiger partial charge in [-0.05, 0) is 18.3 Å². The van der Waals surface area contributed by atoms with Crippen molar-refractivity contribution in [3.05, 3.63) is 0 Å². The molecule has 1 saturated carbocycles. The fourth-order valence-electron chi connectivity index (χ4n) is 1.98. The van der Waals surface area contributed by atoms with Gasteiger partial charge in [0.15, 0.2) is 0 Å². The number of amides is 2. The van der Waals surface area contributed by atoms with Crippen LogP contribution in [0.5, 0.6) is 0 Å². The molecule has 2 N–H and O–H groups in total. The zero-order valence-corrected chi connectivity index (χ0v) is 9.51. The fraction of sp³-hybridized carbons (Fsp3) is 0.727. The molecule has 0 heterocycles. The Balaban J connectivity index is 2.29. The topological polar surface area (TPSA) is 82.0 Å². The average molecular weight is 223 g/mol. The first-order valence-electron chi connectivity index (χ1n) is 5.50. The lowest BCUT2D eigenvalue weighted by molar-refractivity contribution is -0.139. The van der Waals surface area contributed by atoms with E-state index in [9.17, 15) is 9.59 Å². The van der Waals surface area contributed by atoms with E-state index in [1.165, 1.54) is 12.8 Å². The normalized spacial score (nSPS) is 17.5. The second-order valence-corrected chi connectivity index (χ2v) is 4.54. The van der Waals surface area contributed by atoms with Gasteiger partial charge in [0.2, 0.25) is 0 Å². The van der Waals surface area contributed by atoms with Crippen molar-refractivity contribution in [2.24, 2.45) is 5.41 Å². The van der Waals surface area contributed by atoms with Gasteiger partial charge < -0.3 is 10.6 Å². The Kier molecular flexibility index (Phi) is 4.29. The SMILES string of the molecule is CC1(CNC(=O)C(=O)NCC#N)CCCC1.